The third kappa shape index (κ3) is 5.87. The fourth-order valence-electron chi connectivity index (χ4n) is 2.55. The zero-order valence-corrected chi connectivity index (χ0v) is 13.7. The largest absolute Gasteiger partial charge is 0.481 e. The van der Waals surface area contributed by atoms with Crippen LogP contribution < -0.4 is 0 Å². The van der Waals surface area contributed by atoms with Crippen molar-refractivity contribution in [3.63, 3.8) is 0 Å². The molecule has 0 amide bonds. The molecule has 1 heterocycles. The molecule has 0 spiro atoms. The van der Waals surface area contributed by atoms with Gasteiger partial charge in [-0.1, -0.05) is 18.2 Å². The fourth-order valence-corrected chi connectivity index (χ4v) is 2.55. The van der Waals surface area contributed by atoms with Gasteiger partial charge in [0.15, 0.2) is 0 Å². The topological polar surface area (TPSA) is 92.3 Å². The molecule has 0 fully saturated rings. The first kappa shape index (κ1) is 17.7. The van der Waals surface area contributed by atoms with Crippen LogP contribution in [0.2, 0.25) is 0 Å². The van der Waals surface area contributed by atoms with Crippen LogP contribution >= 0.6 is 0 Å². The average molecular weight is 330 g/mol. The minimum Gasteiger partial charge on any atom is -0.481 e. The molecule has 0 aliphatic carbocycles. The number of nitrogens with zero attached hydrogens (tertiary/aromatic N) is 1. The Balaban J connectivity index is 2.12. The van der Waals surface area contributed by atoms with E-state index in [0.29, 0.717) is 32.3 Å². The highest BCUT2D eigenvalue weighted by Crippen LogP contribution is 2.16. The minimum atomic E-state index is -0.820. The van der Waals surface area contributed by atoms with Crippen molar-refractivity contribution in [3.05, 3.63) is 53.1 Å². The number of aromatic amines is 1. The second-order valence-electron chi connectivity index (χ2n) is 5.57. The summed E-state index contributed by atoms with van der Waals surface area (Å²) in [4.78, 5) is 29.6. The third-order valence-electron chi connectivity index (χ3n) is 3.59. The number of imidazole rings is 1. The van der Waals surface area contributed by atoms with Gasteiger partial charge in [-0.3, -0.25) is 9.59 Å². The summed E-state index contributed by atoms with van der Waals surface area (Å²) in [5.74, 6) is -0.192. The lowest BCUT2D eigenvalue weighted by molar-refractivity contribution is -0.143. The van der Waals surface area contributed by atoms with Gasteiger partial charge in [0.2, 0.25) is 0 Å². The number of esters is 1. The molecule has 0 atom stereocenters. The number of ether oxygens (including phenoxy) is 1. The smallest absolute Gasteiger partial charge is 0.306 e. The quantitative estimate of drug-likeness (QED) is 0.689. The molecule has 2 N–H and O–H groups in total. The predicted molar refractivity (Wildman–Crippen MR) is 88.7 cm³/mol. The van der Waals surface area contributed by atoms with Crippen molar-refractivity contribution in [2.45, 2.75) is 39.0 Å². The zero-order chi connectivity index (χ0) is 17.4. The summed E-state index contributed by atoms with van der Waals surface area (Å²) in [6.45, 7) is 2.16. The standard InChI is InChI=1S/C18H22N2O4/c1-2-24-18(23)6-4-14-9-13(3-5-17(21)22)10-15(11-14)12-16-19-7-8-20-16/h7-11H,2-6,12H2,1H3,(H,19,20)(H,21,22). The number of aromatic nitrogens is 2. The maximum Gasteiger partial charge on any atom is 0.306 e. The number of benzene rings is 1. The molecule has 24 heavy (non-hydrogen) atoms. The van der Waals surface area contributed by atoms with Crippen molar-refractivity contribution in [1.82, 2.24) is 9.97 Å². The molecule has 0 saturated carbocycles. The lowest BCUT2D eigenvalue weighted by Gasteiger charge is -2.09. The van der Waals surface area contributed by atoms with E-state index in [1.54, 1.807) is 19.3 Å². The zero-order valence-electron chi connectivity index (χ0n) is 13.7. The van der Waals surface area contributed by atoms with Crippen LogP contribution in [0.25, 0.3) is 0 Å². The Kier molecular flexibility index (Phi) is 6.54. The molecule has 1 aromatic heterocycles. The highest BCUT2D eigenvalue weighted by molar-refractivity contribution is 5.69. The van der Waals surface area contributed by atoms with E-state index in [-0.39, 0.29) is 12.4 Å². The number of carboxylic acid groups (broad SMARTS) is 1. The Bertz CT molecular complexity index is 680. The van der Waals surface area contributed by atoms with Crippen LogP contribution in [0.5, 0.6) is 0 Å². The third-order valence-corrected chi connectivity index (χ3v) is 3.59. The first-order valence-electron chi connectivity index (χ1n) is 8.04. The van der Waals surface area contributed by atoms with E-state index in [4.69, 9.17) is 9.84 Å². The maximum atomic E-state index is 11.5. The van der Waals surface area contributed by atoms with Crippen LogP contribution in [0, 0.1) is 0 Å². The molecule has 6 heteroatoms. The van der Waals surface area contributed by atoms with E-state index in [1.807, 2.05) is 18.2 Å². The molecule has 0 unspecified atom stereocenters. The molecule has 0 aliphatic heterocycles. The molecule has 0 bridgehead atoms. The number of H-pyrrole nitrogens is 1. The van der Waals surface area contributed by atoms with E-state index in [9.17, 15) is 9.59 Å². The summed E-state index contributed by atoms with van der Waals surface area (Å²) in [7, 11) is 0. The second-order valence-corrected chi connectivity index (χ2v) is 5.57. The van der Waals surface area contributed by atoms with Crippen molar-refractivity contribution in [2.24, 2.45) is 0 Å². The molecule has 2 rings (SSSR count). The molecular weight excluding hydrogens is 308 g/mol. The second kappa shape index (κ2) is 8.86. The minimum absolute atomic E-state index is 0.0848. The summed E-state index contributed by atoms with van der Waals surface area (Å²) in [5, 5.41) is 8.88. The number of nitrogens with one attached hydrogen (secondary N) is 1. The van der Waals surface area contributed by atoms with Crippen molar-refractivity contribution in [2.75, 3.05) is 6.61 Å². The SMILES string of the molecule is CCOC(=O)CCc1cc(CCC(=O)O)cc(Cc2ncc[nH]2)c1. The van der Waals surface area contributed by atoms with Crippen LogP contribution in [0.1, 0.15) is 42.3 Å². The van der Waals surface area contributed by atoms with Gasteiger partial charge in [0, 0.05) is 31.7 Å². The summed E-state index contributed by atoms with van der Waals surface area (Å²) < 4.78 is 4.96. The maximum absolute atomic E-state index is 11.5. The van der Waals surface area contributed by atoms with Crippen molar-refractivity contribution < 1.29 is 19.4 Å². The van der Waals surface area contributed by atoms with E-state index in [0.717, 1.165) is 22.5 Å². The van der Waals surface area contributed by atoms with Gasteiger partial charge in [0.05, 0.1) is 6.61 Å². The highest BCUT2D eigenvalue weighted by Gasteiger charge is 2.08. The van der Waals surface area contributed by atoms with Gasteiger partial charge < -0.3 is 14.8 Å². The Morgan fingerprint density at radius 2 is 1.79 bits per heavy atom. The van der Waals surface area contributed by atoms with Crippen LogP contribution in [0.15, 0.2) is 30.6 Å². The summed E-state index contributed by atoms with van der Waals surface area (Å²) in [6.07, 6.45) is 5.55. The molecule has 128 valence electrons. The van der Waals surface area contributed by atoms with Gasteiger partial charge in [0.25, 0.3) is 0 Å². The lowest BCUT2D eigenvalue weighted by atomic mass is 9.98. The van der Waals surface area contributed by atoms with Crippen LogP contribution in [-0.4, -0.2) is 33.6 Å². The number of aliphatic carboxylic acids is 1. The van der Waals surface area contributed by atoms with Gasteiger partial charge >= 0.3 is 11.9 Å². The van der Waals surface area contributed by atoms with Crippen molar-refractivity contribution in [1.29, 1.82) is 0 Å². The summed E-state index contributed by atoms with van der Waals surface area (Å²) in [6, 6.07) is 6.00. The van der Waals surface area contributed by atoms with Gasteiger partial charge in [-0.25, -0.2) is 4.98 Å². The molecule has 6 nitrogen and oxygen atoms in total. The predicted octanol–water partition coefficient (Wildman–Crippen LogP) is 2.51. The normalized spacial score (nSPS) is 10.5. The number of carbonyl (C=O) groups is 2. The number of rotatable bonds is 9. The van der Waals surface area contributed by atoms with Crippen molar-refractivity contribution in [3.8, 4) is 0 Å². The lowest BCUT2D eigenvalue weighted by Crippen LogP contribution is -2.06. The Morgan fingerprint density at radius 1 is 1.12 bits per heavy atom. The van der Waals surface area contributed by atoms with Crippen LogP contribution in [0.3, 0.4) is 0 Å². The van der Waals surface area contributed by atoms with Crippen molar-refractivity contribution >= 4 is 11.9 Å². The van der Waals surface area contributed by atoms with E-state index in [2.05, 4.69) is 9.97 Å². The van der Waals surface area contributed by atoms with Gasteiger partial charge in [-0.05, 0) is 36.5 Å². The fraction of sp³-hybridized carbons (Fsp3) is 0.389. The first-order chi connectivity index (χ1) is 11.6. The number of hydrogen-bond acceptors (Lipinski definition) is 4. The van der Waals surface area contributed by atoms with E-state index in [1.165, 1.54) is 0 Å². The van der Waals surface area contributed by atoms with Gasteiger partial charge in [-0.2, -0.15) is 0 Å². The summed E-state index contributed by atoms with van der Waals surface area (Å²) >= 11 is 0. The highest BCUT2D eigenvalue weighted by atomic mass is 16.5. The Morgan fingerprint density at radius 3 is 2.38 bits per heavy atom. The molecule has 0 aliphatic rings. The Labute approximate surface area is 140 Å². The molecule has 2 aromatic rings. The number of carboxylic acids is 1. The molecular formula is C18H22N2O4. The number of hydrogen-bond donors (Lipinski definition) is 2. The molecule has 1 aromatic carbocycles. The monoisotopic (exact) mass is 330 g/mol. The first-order valence-corrected chi connectivity index (χ1v) is 8.04. The summed E-state index contributed by atoms with van der Waals surface area (Å²) in [5.41, 5.74) is 3.01. The molecule has 0 radical (unpaired) electrons. The van der Waals surface area contributed by atoms with E-state index < -0.39 is 5.97 Å². The molecule has 0 saturated heterocycles. The van der Waals surface area contributed by atoms with Gasteiger partial charge in [-0.15, -0.1) is 0 Å². The average Bonchev–Trinajstić information content (AvgIpc) is 3.04. The van der Waals surface area contributed by atoms with Crippen LogP contribution in [0.4, 0.5) is 0 Å². The number of aryl methyl sites for hydroxylation is 2. The van der Waals surface area contributed by atoms with Crippen LogP contribution in [-0.2, 0) is 33.6 Å². The van der Waals surface area contributed by atoms with Gasteiger partial charge in [0.1, 0.15) is 5.82 Å². The van der Waals surface area contributed by atoms with E-state index >= 15 is 0 Å². The Hall–Kier alpha value is -2.63. The number of carbonyl (C=O) groups excluding carboxylic acids is 1.